The van der Waals surface area contributed by atoms with E-state index in [0.29, 0.717) is 25.2 Å². The summed E-state index contributed by atoms with van der Waals surface area (Å²) in [4.78, 5) is 24.3. The molecule has 26 heavy (non-hydrogen) atoms. The molecule has 8 heteroatoms. The van der Waals surface area contributed by atoms with Crippen molar-refractivity contribution in [3.05, 3.63) is 59.7 Å². The molecule has 136 valence electrons. The van der Waals surface area contributed by atoms with E-state index in [1.54, 1.807) is 23.1 Å². The summed E-state index contributed by atoms with van der Waals surface area (Å²) in [6, 6.07) is 11.9. The lowest BCUT2D eigenvalue weighted by atomic mass is 10.2. The first-order chi connectivity index (χ1) is 12.3. The lowest BCUT2D eigenvalue weighted by Gasteiger charge is -2.16. The molecular formula is C18H18N2O5S. The fourth-order valence-electron chi connectivity index (χ4n) is 2.82. The van der Waals surface area contributed by atoms with Crippen LogP contribution in [-0.2, 0) is 21.4 Å². The molecule has 1 amide bonds. The fourth-order valence-corrected chi connectivity index (χ4v) is 3.86. The summed E-state index contributed by atoms with van der Waals surface area (Å²) in [5.41, 5.74) is 1.24. The minimum absolute atomic E-state index is 0.0150. The molecule has 1 saturated heterocycles. The number of carboxylic acids is 1. The number of carboxylic acid groups (broad SMARTS) is 1. The topological polar surface area (TPSA) is 104 Å². The van der Waals surface area contributed by atoms with Gasteiger partial charge in [-0.05, 0) is 48.4 Å². The van der Waals surface area contributed by atoms with Gasteiger partial charge in [0.15, 0.2) is 0 Å². The van der Waals surface area contributed by atoms with Gasteiger partial charge in [-0.3, -0.25) is 9.52 Å². The van der Waals surface area contributed by atoms with E-state index < -0.39 is 16.0 Å². The zero-order valence-corrected chi connectivity index (χ0v) is 14.7. The molecule has 1 aliphatic heterocycles. The normalized spacial score (nSPS) is 14.5. The Morgan fingerprint density at radius 3 is 2.50 bits per heavy atom. The monoisotopic (exact) mass is 374 g/mol. The maximum absolute atomic E-state index is 12.5. The lowest BCUT2D eigenvalue weighted by Crippen LogP contribution is -2.23. The summed E-state index contributed by atoms with van der Waals surface area (Å²) in [7, 11) is -3.83. The van der Waals surface area contributed by atoms with E-state index in [-0.39, 0.29) is 16.4 Å². The molecule has 1 heterocycles. The number of aromatic carboxylic acids is 1. The van der Waals surface area contributed by atoms with Crippen molar-refractivity contribution >= 4 is 27.6 Å². The van der Waals surface area contributed by atoms with Gasteiger partial charge in [0.2, 0.25) is 5.91 Å². The Bertz CT molecular complexity index is 938. The lowest BCUT2D eigenvalue weighted by molar-refractivity contribution is -0.128. The van der Waals surface area contributed by atoms with E-state index in [1.807, 2.05) is 6.07 Å². The van der Waals surface area contributed by atoms with Crippen molar-refractivity contribution in [2.75, 3.05) is 11.3 Å². The van der Waals surface area contributed by atoms with Crippen LogP contribution in [0.15, 0.2) is 53.4 Å². The van der Waals surface area contributed by atoms with Gasteiger partial charge in [0.05, 0.1) is 10.5 Å². The number of sulfonamides is 1. The highest BCUT2D eigenvalue weighted by molar-refractivity contribution is 7.92. The minimum atomic E-state index is -3.83. The summed E-state index contributed by atoms with van der Waals surface area (Å²) in [6.07, 6.45) is 1.40. The summed E-state index contributed by atoms with van der Waals surface area (Å²) >= 11 is 0. The number of nitrogens with one attached hydrogen (secondary N) is 1. The molecule has 0 aromatic heterocycles. The van der Waals surface area contributed by atoms with Gasteiger partial charge < -0.3 is 10.0 Å². The zero-order chi connectivity index (χ0) is 18.7. The summed E-state index contributed by atoms with van der Waals surface area (Å²) < 4.78 is 27.4. The molecule has 2 aromatic carbocycles. The smallest absolute Gasteiger partial charge is 0.335 e. The Morgan fingerprint density at radius 2 is 1.88 bits per heavy atom. The molecule has 3 rings (SSSR count). The maximum Gasteiger partial charge on any atom is 0.335 e. The van der Waals surface area contributed by atoms with Crippen LogP contribution < -0.4 is 4.72 Å². The van der Waals surface area contributed by atoms with Crippen LogP contribution in [-0.4, -0.2) is 36.8 Å². The molecule has 0 spiro atoms. The highest BCUT2D eigenvalue weighted by atomic mass is 32.2. The number of anilines is 1. The quantitative estimate of drug-likeness (QED) is 0.807. The number of hydrogen-bond acceptors (Lipinski definition) is 4. The zero-order valence-electron chi connectivity index (χ0n) is 13.9. The Kier molecular flexibility index (Phi) is 4.94. The third kappa shape index (κ3) is 4.02. The van der Waals surface area contributed by atoms with Crippen molar-refractivity contribution < 1.29 is 23.1 Å². The SMILES string of the molecule is O=C(O)c1ccc(S(=O)(=O)Nc2cccc(CN3CCCC3=O)c2)cc1. The number of benzene rings is 2. The van der Waals surface area contributed by atoms with E-state index in [4.69, 9.17) is 5.11 Å². The molecular weight excluding hydrogens is 356 g/mol. The first kappa shape index (κ1) is 17.9. The second-order valence-electron chi connectivity index (χ2n) is 6.05. The first-order valence-electron chi connectivity index (χ1n) is 8.08. The highest BCUT2D eigenvalue weighted by Crippen LogP contribution is 2.20. The van der Waals surface area contributed by atoms with Gasteiger partial charge >= 0.3 is 5.97 Å². The average Bonchev–Trinajstić information content (AvgIpc) is 3.00. The van der Waals surface area contributed by atoms with E-state index in [2.05, 4.69) is 4.72 Å². The van der Waals surface area contributed by atoms with Crippen LogP contribution in [0.2, 0.25) is 0 Å². The Morgan fingerprint density at radius 1 is 1.15 bits per heavy atom. The molecule has 0 aliphatic carbocycles. The standard InChI is InChI=1S/C18H18N2O5S/c21-17-5-2-10-20(17)12-13-3-1-4-15(11-13)19-26(24,25)16-8-6-14(7-9-16)18(22)23/h1,3-4,6-9,11,19H,2,5,10,12H2,(H,22,23). The predicted octanol–water partition coefficient (Wildman–Crippen LogP) is 2.31. The van der Waals surface area contributed by atoms with Gasteiger partial charge in [-0.2, -0.15) is 0 Å². The second kappa shape index (κ2) is 7.17. The van der Waals surface area contributed by atoms with Gasteiger partial charge in [-0.25, -0.2) is 13.2 Å². The Hall–Kier alpha value is -2.87. The van der Waals surface area contributed by atoms with Crippen LogP contribution in [0.4, 0.5) is 5.69 Å². The minimum Gasteiger partial charge on any atom is -0.478 e. The van der Waals surface area contributed by atoms with Crippen molar-refractivity contribution in [3.8, 4) is 0 Å². The van der Waals surface area contributed by atoms with E-state index >= 15 is 0 Å². The molecule has 2 aromatic rings. The molecule has 0 saturated carbocycles. The molecule has 0 bridgehead atoms. The number of likely N-dealkylation sites (tertiary alicyclic amines) is 1. The Balaban J connectivity index is 1.76. The summed E-state index contributed by atoms with van der Waals surface area (Å²) in [6.45, 7) is 1.16. The average molecular weight is 374 g/mol. The van der Waals surface area contributed by atoms with E-state index in [0.717, 1.165) is 12.0 Å². The third-order valence-electron chi connectivity index (χ3n) is 4.14. The van der Waals surface area contributed by atoms with Gasteiger partial charge in [-0.15, -0.1) is 0 Å². The van der Waals surface area contributed by atoms with Crippen LogP contribution >= 0.6 is 0 Å². The Labute approximate surface area is 151 Å². The van der Waals surface area contributed by atoms with Gasteiger partial charge in [-0.1, -0.05) is 12.1 Å². The van der Waals surface area contributed by atoms with Gasteiger partial charge in [0.25, 0.3) is 10.0 Å². The van der Waals surface area contributed by atoms with Crippen molar-refractivity contribution in [2.45, 2.75) is 24.3 Å². The molecule has 0 radical (unpaired) electrons. The predicted molar refractivity (Wildman–Crippen MR) is 95.3 cm³/mol. The third-order valence-corrected chi connectivity index (χ3v) is 5.53. The number of rotatable bonds is 6. The molecule has 0 unspecified atom stereocenters. The van der Waals surface area contributed by atoms with Crippen molar-refractivity contribution in [3.63, 3.8) is 0 Å². The largest absolute Gasteiger partial charge is 0.478 e. The number of carbonyl (C=O) groups excluding carboxylic acids is 1. The molecule has 2 N–H and O–H groups in total. The number of hydrogen-bond donors (Lipinski definition) is 2. The van der Waals surface area contributed by atoms with Crippen LogP contribution in [0.5, 0.6) is 0 Å². The fraction of sp³-hybridized carbons (Fsp3) is 0.222. The van der Waals surface area contributed by atoms with Crippen LogP contribution in [0.25, 0.3) is 0 Å². The maximum atomic E-state index is 12.5. The molecule has 7 nitrogen and oxygen atoms in total. The van der Waals surface area contributed by atoms with E-state index in [1.165, 1.54) is 24.3 Å². The van der Waals surface area contributed by atoms with Crippen molar-refractivity contribution in [2.24, 2.45) is 0 Å². The van der Waals surface area contributed by atoms with Crippen LogP contribution in [0, 0.1) is 0 Å². The van der Waals surface area contributed by atoms with Crippen molar-refractivity contribution in [1.82, 2.24) is 4.90 Å². The van der Waals surface area contributed by atoms with Crippen LogP contribution in [0.1, 0.15) is 28.8 Å². The number of carbonyl (C=O) groups is 2. The number of nitrogens with zero attached hydrogens (tertiary/aromatic N) is 1. The molecule has 1 fully saturated rings. The molecule has 1 aliphatic rings. The highest BCUT2D eigenvalue weighted by Gasteiger charge is 2.20. The van der Waals surface area contributed by atoms with Gasteiger partial charge in [0, 0.05) is 25.2 Å². The first-order valence-corrected chi connectivity index (χ1v) is 9.56. The molecule has 0 atom stereocenters. The number of amides is 1. The summed E-state index contributed by atoms with van der Waals surface area (Å²) in [5.74, 6) is -1.01. The van der Waals surface area contributed by atoms with Gasteiger partial charge in [0.1, 0.15) is 0 Å². The second-order valence-corrected chi connectivity index (χ2v) is 7.74. The van der Waals surface area contributed by atoms with Crippen LogP contribution in [0.3, 0.4) is 0 Å². The summed E-state index contributed by atoms with van der Waals surface area (Å²) in [5, 5.41) is 8.89. The van der Waals surface area contributed by atoms with Crippen molar-refractivity contribution in [1.29, 1.82) is 0 Å². The van der Waals surface area contributed by atoms with E-state index in [9.17, 15) is 18.0 Å².